The van der Waals surface area contributed by atoms with Gasteiger partial charge in [0.15, 0.2) is 0 Å². The van der Waals surface area contributed by atoms with Crippen molar-refractivity contribution in [3.63, 3.8) is 0 Å². The SMILES string of the molecule is CCCCCC/C=C\C/C=C\CCCCCCCCCC(=O)OC(COCCCCCCCCCCCCCC/C=C\CCCCCCCCCC)COP(=O)([O-])OCC[N+](C)(C)C. The van der Waals surface area contributed by atoms with Crippen LogP contribution in [0.4, 0.5) is 0 Å². The highest BCUT2D eigenvalue weighted by atomic mass is 31.2. The highest BCUT2D eigenvalue weighted by Gasteiger charge is 2.20. The van der Waals surface area contributed by atoms with E-state index in [-0.39, 0.29) is 25.8 Å². The minimum Gasteiger partial charge on any atom is -0.756 e. The van der Waals surface area contributed by atoms with Gasteiger partial charge in [-0.25, -0.2) is 0 Å². The Kier molecular flexibility index (Phi) is 47.2. The molecule has 0 saturated heterocycles. The summed E-state index contributed by atoms with van der Waals surface area (Å²) in [5, 5.41) is 0. The molecule has 2 atom stereocenters. The number of rotatable bonds is 51. The summed E-state index contributed by atoms with van der Waals surface area (Å²) >= 11 is 0. The number of phosphoric ester groups is 1. The van der Waals surface area contributed by atoms with Crippen LogP contribution in [-0.4, -0.2) is 70.7 Å². The number of hydrogen-bond acceptors (Lipinski definition) is 7. The van der Waals surface area contributed by atoms with E-state index >= 15 is 0 Å². The standard InChI is InChI=1S/C55H106NO7P/c1-6-8-10-12-14-16-18-20-22-24-26-27-28-29-30-31-33-35-37-39-41-43-45-47-50-60-52-54(53-62-64(58,59)61-51-49-56(3,4)5)63-55(57)48-46-44-42-40-38-36-34-32-25-23-21-19-17-15-13-11-9-7-2/h17,19,23-26,54H,6-16,18,20-22,27-53H2,1-5H3/b19-17-,25-23-,26-24-. The van der Waals surface area contributed by atoms with Crippen LogP contribution in [0.25, 0.3) is 0 Å². The van der Waals surface area contributed by atoms with Gasteiger partial charge in [0.1, 0.15) is 19.3 Å². The molecule has 64 heavy (non-hydrogen) atoms. The lowest BCUT2D eigenvalue weighted by Crippen LogP contribution is -2.37. The fraction of sp³-hybridized carbons (Fsp3) is 0.873. The van der Waals surface area contributed by atoms with Gasteiger partial charge in [-0.1, -0.05) is 211 Å². The van der Waals surface area contributed by atoms with Crippen LogP contribution in [-0.2, 0) is 27.9 Å². The molecule has 0 aromatic heterocycles. The van der Waals surface area contributed by atoms with Crippen LogP contribution in [0.15, 0.2) is 36.5 Å². The first kappa shape index (κ1) is 62.7. The first-order valence-corrected chi connectivity index (χ1v) is 28.7. The molecule has 0 heterocycles. The molecule has 0 bridgehead atoms. The molecule has 0 N–H and O–H groups in total. The molecule has 0 amide bonds. The Morgan fingerprint density at radius 2 is 0.859 bits per heavy atom. The van der Waals surface area contributed by atoms with E-state index in [1.54, 1.807) is 0 Å². The van der Waals surface area contributed by atoms with Crippen molar-refractivity contribution in [3.8, 4) is 0 Å². The maximum Gasteiger partial charge on any atom is 0.306 e. The number of allylic oxidation sites excluding steroid dienone is 6. The predicted molar refractivity (Wildman–Crippen MR) is 273 cm³/mol. The predicted octanol–water partition coefficient (Wildman–Crippen LogP) is 16.3. The molecule has 2 unspecified atom stereocenters. The van der Waals surface area contributed by atoms with Gasteiger partial charge >= 0.3 is 5.97 Å². The first-order chi connectivity index (χ1) is 31.1. The number of ether oxygens (including phenoxy) is 2. The molecule has 0 aliphatic rings. The number of phosphoric acid groups is 1. The Bertz CT molecular complexity index is 1120. The van der Waals surface area contributed by atoms with Gasteiger partial charge in [-0.3, -0.25) is 9.36 Å². The van der Waals surface area contributed by atoms with Crippen molar-refractivity contribution in [2.45, 2.75) is 258 Å². The zero-order valence-corrected chi connectivity index (χ0v) is 43.9. The van der Waals surface area contributed by atoms with Crippen LogP contribution in [0.5, 0.6) is 0 Å². The number of hydrogen-bond donors (Lipinski definition) is 0. The molecule has 378 valence electrons. The van der Waals surface area contributed by atoms with Crippen molar-refractivity contribution in [1.82, 2.24) is 0 Å². The number of quaternary nitrogens is 1. The Morgan fingerprint density at radius 3 is 1.30 bits per heavy atom. The number of carbonyl (C=O) groups is 1. The number of likely N-dealkylation sites (N-methyl/N-ethyl adjacent to an activating group) is 1. The maximum atomic E-state index is 12.8. The summed E-state index contributed by atoms with van der Waals surface area (Å²) in [4.78, 5) is 25.2. The molecule has 0 aromatic carbocycles. The van der Waals surface area contributed by atoms with Crippen molar-refractivity contribution >= 4 is 13.8 Å². The minimum absolute atomic E-state index is 0.0250. The van der Waals surface area contributed by atoms with Crippen LogP contribution < -0.4 is 4.89 Å². The first-order valence-electron chi connectivity index (χ1n) is 27.2. The van der Waals surface area contributed by atoms with Crippen molar-refractivity contribution in [2.75, 3.05) is 54.1 Å². The van der Waals surface area contributed by atoms with Gasteiger partial charge in [0.05, 0.1) is 34.4 Å². The van der Waals surface area contributed by atoms with E-state index < -0.39 is 13.9 Å². The number of carbonyl (C=O) groups excluding carboxylic acids is 1. The molecule has 8 nitrogen and oxygen atoms in total. The summed E-state index contributed by atoms with van der Waals surface area (Å²) in [7, 11) is 1.36. The highest BCUT2D eigenvalue weighted by Crippen LogP contribution is 2.38. The summed E-state index contributed by atoms with van der Waals surface area (Å²) in [6.07, 6.45) is 58.9. The van der Waals surface area contributed by atoms with Crippen LogP contribution in [0, 0.1) is 0 Å². The second kappa shape index (κ2) is 48.2. The summed E-state index contributed by atoms with van der Waals surface area (Å²) < 4.78 is 34.8. The van der Waals surface area contributed by atoms with Gasteiger partial charge in [0.25, 0.3) is 7.82 Å². The molecule has 0 radical (unpaired) electrons. The van der Waals surface area contributed by atoms with Crippen molar-refractivity contribution in [2.24, 2.45) is 0 Å². The lowest BCUT2D eigenvalue weighted by molar-refractivity contribution is -0.870. The Balaban J connectivity index is 4.09. The van der Waals surface area contributed by atoms with Crippen molar-refractivity contribution in [3.05, 3.63) is 36.5 Å². The van der Waals surface area contributed by atoms with Crippen LogP contribution in [0.1, 0.15) is 251 Å². The van der Waals surface area contributed by atoms with Crippen LogP contribution in [0.2, 0.25) is 0 Å². The quantitative estimate of drug-likeness (QED) is 0.0197. The summed E-state index contributed by atoms with van der Waals surface area (Å²) in [6, 6.07) is 0. The largest absolute Gasteiger partial charge is 0.756 e. The summed E-state index contributed by atoms with van der Waals surface area (Å²) in [5.74, 6) is -0.339. The molecule has 0 fully saturated rings. The minimum atomic E-state index is -4.53. The second-order valence-corrected chi connectivity index (χ2v) is 21.0. The average Bonchev–Trinajstić information content (AvgIpc) is 3.25. The number of esters is 1. The molecular weight excluding hydrogens is 818 g/mol. The monoisotopic (exact) mass is 924 g/mol. The summed E-state index contributed by atoms with van der Waals surface area (Å²) in [5.41, 5.74) is 0. The Labute approximate surface area is 397 Å². The van der Waals surface area contributed by atoms with Gasteiger partial charge in [0.2, 0.25) is 0 Å². The van der Waals surface area contributed by atoms with E-state index in [1.165, 1.54) is 186 Å². The van der Waals surface area contributed by atoms with Gasteiger partial charge in [-0.05, 0) is 70.6 Å². The second-order valence-electron chi connectivity index (χ2n) is 19.6. The van der Waals surface area contributed by atoms with E-state index in [2.05, 4.69) is 50.3 Å². The van der Waals surface area contributed by atoms with Gasteiger partial charge in [-0.15, -0.1) is 0 Å². The normalized spacial score (nSPS) is 13.8. The molecule has 0 aromatic rings. The van der Waals surface area contributed by atoms with E-state index in [0.717, 1.165) is 44.9 Å². The van der Waals surface area contributed by atoms with E-state index in [0.29, 0.717) is 24.1 Å². The topological polar surface area (TPSA) is 94.1 Å². The van der Waals surface area contributed by atoms with E-state index in [9.17, 15) is 14.3 Å². The third-order valence-electron chi connectivity index (χ3n) is 11.9. The van der Waals surface area contributed by atoms with Crippen LogP contribution >= 0.6 is 7.82 Å². The Hall–Kier alpha value is -1.28. The molecule has 9 heteroatoms. The van der Waals surface area contributed by atoms with Gasteiger partial charge < -0.3 is 27.9 Å². The van der Waals surface area contributed by atoms with Gasteiger partial charge in [-0.2, -0.15) is 0 Å². The van der Waals surface area contributed by atoms with Crippen molar-refractivity contribution in [1.29, 1.82) is 0 Å². The number of unbranched alkanes of at least 4 members (excludes halogenated alkanes) is 31. The third kappa shape index (κ3) is 51.7. The highest BCUT2D eigenvalue weighted by molar-refractivity contribution is 7.45. The molecule has 0 aliphatic carbocycles. The van der Waals surface area contributed by atoms with Crippen LogP contribution in [0.3, 0.4) is 0 Å². The smallest absolute Gasteiger partial charge is 0.306 e. The molecule has 0 spiro atoms. The molecule has 0 aliphatic heterocycles. The van der Waals surface area contributed by atoms with Crippen molar-refractivity contribution < 1.29 is 37.3 Å². The van der Waals surface area contributed by atoms with Gasteiger partial charge in [0, 0.05) is 13.0 Å². The third-order valence-corrected chi connectivity index (χ3v) is 12.9. The molecular formula is C55H106NO7P. The maximum absolute atomic E-state index is 12.8. The average molecular weight is 924 g/mol. The van der Waals surface area contributed by atoms with E-state index in [1.807, 2.05) is 21.1 Å². The van der Waals surface area contributed by atoms with E-state index in [4.69, 9.17) is 18.5 Å². The number of nitrogens with zero attached hydrogens (tertiary/aromatic N) is 1. The lowest BCUT2D eigenvalue weighted by Gasteiger charge is -2.28. The zero-order valence-electron chi connectivity index (χ0n) is 43.0. The fourth-order valence-corrected chi connectivity index (χ4v) is 8.42. The Morgan fingerprint density at radius 1 is 0.484 bits per heavy atom. The summed E-state index contributed by atoms with van der Waals surface area (Å²) in [6.45, 7) is 5.42. The fourth-order valence-electron chi connectivity index (χ4n) is 7.69. The molecule has 0 rings (SSSR count). The molecule has 0 saturated carbocycles. The lowest BCUT2D eigenvalue weighted by atomic mass is 10.0. The zero-order chi connectivity index (χ0) is 46.9.